The molecule has 1 aliphatic heterocycles. The molecule has 0 unspecified atom stereocenters. The Hall–Kier alpha value is -2.05. The lowest BCUT2D eigenvalue weighted by molar-refractivity contribution is -0.143. The monoisotopic (exact) mass is 454 g/mol. The number of benzene rings is 1. The largest absolute Gasteiger partial charge is 0.465 e. The van der Waals surface area contributed by atoms with Crippen LogP contribution >= 0.6 is 11.9 Å². The van der Waals surface area contributed by atoms with Crippen molar-refractivity contribution in [2.24, 2.45) is 5.41 Å². The van der Waals surface area contributed by atoms with Crippen LogP contribution in [0.4, 0.5) is 0 Å². The van der Waals surface area contributed by atoms with Crippen molar-refractivity contribution < 1.29 is 14.3 Å². The van der Waals surface area contributed by atoms with Crippen LogP contribution in [0.2, 0.25) is 0 Å². The molecule has 0 saturated carbocycles. The fourth-order valence-electron chi connectivity index (χ4n) is 4.97. The molecule has 2 aliphatic rings. The number of nitrogens with zero attached hydrogens (tertiary/aromatic N) is 2. The molecule has 172 valence electrons. The van der Waals surface area contributed by atoms with E-state index in [-0.39, 0.29) is 23.7 Å². The van der Waals surface area contributed by atoms with Crippen LogP contribution in [0.1, 0.15) is 72.9 Å². The molecule has 0 N–H and O–H groups in total. The van der Waals surface area contributed by atoms with E-state index in [1.807, 2.05) is 30.4 Å². The van der Waals surface area contributed by atoms with Crippen LogP contribution in [0.5, 0.6) is 0 Å². The van der Waals surface area contributed by atoms with Crippen molar-refractivity contribution in [3.63, 3.8) is 0 Å². The van der Waals surface area contributed by atoms with Crippen molar-refractivity contribution in [3.8, 4) is 0 Å². The maximum Gasteiger partial charge on any atom is 0.325 e. The minimum Gasteiger partial charge on any atom is -0.465 e. The SMILES string of the molecule is CCOC(=O)Cn1c(C)c(Cc2ccc(SN3CCCC3)cc2)c2c1CC(C)(C)CC2=O. The van der Waals surface area contributed by atoms with Crippen LogP contribution in [0.15, 0.2) is 29.2 Å². The van der Waals surface area contributed by atoms with Gasteiger partial charge in [0, 0.05) is 41.4 Å². The molecule has 0 spiro atoms. The fraction of sp³-hybridized carbons (Fsp3) is 0.538. The van der Waals surface area contributed by atoms with Gasteiger partial charge in [-0.25, -0.2) is 4.31 Å². The first kappa shape index (κ1) is 23.1. The number of ketones is 1. The van der Waals surface area contributed by atoms with Gasteiger partial charge >= 0.3 is 5.97 Å². The summed E-state index contributed by atoms with van der Waals surface area (Å²) < 4.78 is 9.66. The Morgan fingerprint density at radius 1 is 1.12 bits per heavy atom. The Morgan fingerprint density at radius 2 is 1.81 bits per heavy atom. The predicted molar refractivity (Wildman–Crippen MR) is 128 cm³/mol. The van der Waals surface area contributed by atoms with Crippen molar-refractivity contribution in [1.29, 1.82) is 0 Å². The Labute approximate surface area is 195 Å². The third-order valence-corrected chi connectivity index (χ3v) is 7.62. The van der Waals surface area contributed by atoms with Gasteiger partial charge in [0.25, 0.3) is 0 Å². The number of carbonyl (C=O) groups excluding carboxylic acids is 2. The van der Waals surface area contributed by atoms with Crippen LogP contribution in [-0.4, -0.2) is 40.3 Å². The number of esters is 1. The van der Waals surface area contributed by atoms with Crippen molar-refractivity contribution in [2.75, 3.05) is 19.7 Å². The molecule has 0 amide bonds. The summed E-state index contributed by atoms with van der Waals surface area (Å²) in [7, 11) is 0. The predicted octanol–water partition coefficient (Wildman–Crippen LogP) is 5.21. The van der Waals surface area contributed by atoms with Gasteiger partial charge in [-0.2, -0.15) is 0 Å². The first-order chi connectivity index (χ1) is 15.3. The zero-order valence-electron chi connectivity index (χ0n) is 19.7. The summed E-state index contributed by atoms with van der Waals surface area (Å²) in [6.07, 6.45) is 4.60. The highest BCUT2D eigenvalue weighted by molar-refractivity contribution is 7.97. The number of rotatable bonds is 7. The molecule has 1 fully saturated rings. The van der Waals surface area contributed by atoms with E-state index >= 15 is 0 Å². The van der Waals surface area contributed by atoms with Crippen LogP contribution in [0, 0.1) is 12.3 Å². The second kappa shape index (κ2) is 9.44. The number of hydrogen-bond acceptors (Lipinski definition) is 5. The van der Waals surface area contributed by atoms with Gasteiger partial charge in [-0.1, -0.05) is 26.0 Å². The summed E-state index contributed by atoms with van der Waals surface area (Å²) in [4.78, 5) is 26.8. The Morgan fingerprint density at radius 3 is 2.47 bits per heavy atom. The first-order valence-corrected chi connectivity index (χ1v) is 12.5. The van der Waals surface area contributed by atoms with Gasteiger partial charge in [0.15, 0.2) is 5.78 Å². The van der Waals surface area contributed by atoms with Gasteiger partial charge < -0.3 is 9.30 Å². The van der Waals surface area contributed by atoms with Crippen LogP contribution in [0.3, 0.4) is 0 Å². The highest BCUT2D eigenvalue weighted by atomic mass is 32.2. The van der Waals surface area contributed by atoms with Crippen LogP contribution in [-0.2, 0) is 28.9 Å². The van der Waals surface area contributed by atoms with E-state index in [1.54, 1.807) is 0 Å². The molecular formula is C26H34N2O3S. The number of hydrogen-bond donors (Lipinski definition) is 0. The molecule has 6 heteroatoms. The number of fused-ring (bicyclic) bond motifs is 1. The van der Waals surface area contributed by atoms with Crippen LogP contribution in [0.25, 0.3) is 0 Å². The van der Waals surface area contributed by atoms with E-state index in [0.717, 1.165) is 42.0 Å². The molecule has 1 aromatic heterocycles. The van der Waals surface area contributed by atoms with Gasteiger partial charge in [-0.05, 0) is 80.2 Å². The van der Waals surface area contributed by atoms with E-state index in [9.17, 15) is 9.59 Å². The smallest absolute Gasteiger partial charge is 0.325 e. The molecular weight excluding hydrogens is 420 g/mol. The summed E-state index contributed by atoms with van der Waals surface area (Å²) >= 11 is 1.83. The molecule has 0 radical (unpaired) electrons. The summed E-state index contributed by atoms with van der Waals surface area (Å²) in [6.45, 7) is 10.9. The zero-order chi connectivity index (χ0) is 22.9. The molecule has 1 aliphatic carbocycles. The summed E-state index contributed by atoms with van der Waals surface area (Å²) in [6, 6.07) is 8.70. The molecule has 1 saturated heterocycles. The molecule has 2 heterocycles. The molecule has 1 aromatic carbocycles. The Kier molecular flexibility index (Phi) is 6.82. The minimum atomic E-state index is -0.251. The average Bonchev–Trinajstić information content (AvgIpc) is 3.31. The molecule has 32 heavy (non-hydrogen) atoms. The summed E-state index contributed by atoms with van der Waals surface area (Å²) in [5.41, 5.74) is 4.98. The number of Topliss-reactive ketones (excluding diaryl/α,β-unsaturated/α-hetero) is 1. The van der Waals surface area contributed by atoms with Crippen molar-refractivity contribution in [2.45, 2.75) is 71.2 Å². The second-order valence-electron chi connectivity index (χ2n) is 9.77. The lowest BCUT2D eigenvalue weighted by Gasteiger charge is -2.30. The van der Waals surface area contributed by atoms with Gasteiger partial charge in [0.2, 0.25) is 0 Å². The van der Waals surface area contributed by atoms with Crippen molar-refractivity contribution >= 4 is 23.7 Å². The maximum atomic E-state index is 13.2. The maximum absolute atomic E-state index is 13.2. The van der Waals surface area contributed by atoms with Gasteiger partial charge in [-0.15, -0.1) is 0 Å². The molecule has 0 bridgehead atoms. The van der Waals surface area contributed by atoms with E-state index in [4.69, 9.17) is 4.74 Å². The third-order valence-electron chi connectivity index (χ3n) is 6.52. The Bertz CT molecular complexity index is 1000. The molecule has 2 aromatic rings. The highest BCUT2D eigenvalue weighted by Gasteiger charge is 2.37. The minimum absolute atomic E-state index is 0.104. The van der Waals surface area contributed by atoms with Crippen molar-refractivity contribution in [1.82, 2.24) is 8.87 Å². The summed E-state index contributed by atoms with van der Waals surface area (Å²) in [5, 5.41) is 0. The van der Waals surface area contributed by atoms with E-state index in [1.165, 1.54) is 23.3 Å². The van der Waals surface area contributed by atoms with E-state index in [0.29, 0.717) is 19.4 Å². The van der Waals surface area contributed by atoms with E-state index < -0.39 is 0 Å². The normalized spacial score (nSPS) is 18.1. The second-order valence-corrected chi connectivity index (χ2v) is 10.9. The third kappa shape index (κ3) is 4.96. The number of ether oxygens (including phenoxy) is 1. The lowest BCUT2D eigenvalue weighted by atomic mass is 9.75. The fourth-order valence-corrected chi connectivity index (χ4v) is 5.97. The molecule has 5 nitrogen and oxygen atoms in total. The topological polar surface area (TPSA) is 51.5 Å². The quantitative estimate of drug-likeness (QED) is 0.425. The van der Waals surface area contributed by atoms with Gasteiger partial charge in [0.05, 0.1) is 6.61 Å². The molecule has 4 rings (SSSR count). The number of carbonyl (C=O) groups is 2. The van der Waals surface area contributed by atoms with E-state index in [2.05, 4.69) is 42.4 Å². The van der Waals surface area contributed by atoms with Crippen molar-refractivity contribution in [3.05, 3.63) is 52.3 Å². The lowest BCUT2D eigenvalue weighted by Crippen LogP contribution is -2.29. The first-order valence-electron chi connectivity index (χ1n) is 11.7. The van der Waals surface area contributed by atoms with Crippen LogP contribution < -0.4 is 0 Å². The average molecular weight is 455 g/mol. The number of aromatic nitrogens is 1. The zero-order valence-corrected chi connectivity index (χ0v) is 20.5. The molecule has 0 atom stereocenters. The van der Waals surface area contributed by atoms with Gasteiger partial charge in [0.1, 0.15) is 6.54 Å². The standard InChI is InChI=1S/C26H34N2O3S/c1-5-31-24(30)17-28-18(2)21(25-22(28)15-26(3,4)16-23(25)29)14-19-8-10-20(11-9-19)32-27-12-6-7-13-27/h8-11H,5-7,12-17H2,1-4H3. The Balaban J connectivity index is 1.62. The van der Waals surface area contributed by atoms with Gasteiger partial charge in [-0.3, -0.25) is 9.59 Å². The highest BCUT2D eigenvalue weighted by Crippen LogP contribution is 2.39. The summed E-state index contributed by atoms with van der Waals surface area (Å²) in [5.74, 6) is -0.0581.